The summed E-state index contributed by atoms with van der Waals surface area (Å²) in [6.45, 7) is 4.00. The van der Waals surface area contributed by atoms with Gasteiger partial charge in [0.2, 0.25) is 5.91 Å². The van der Waals surface area contributed by atoms with E-state index in [2.05, 4.69) is 10.3 Å². The molecule has 0 spiro atoms. The molecule has 3 rings (SSSR count). The van der Waals surface area contributed by atoms with E-state index in [1.54, 1.807) is 24.3 Å². The summed E-state index contributed by atoms with van der Waals surface area (Å²) in [6.07, 6.45) is 1.37. The number of benzene rings is 2. The minimum absolute atomic E-state index is 0.0806. The topological polar surface area (TPSA) is 61.8 Å². The van der Waals surface area contributed by atoms with Gasteiger partial charge < -0.3 is 5.32 Å². The predicted molar refractivity (Wildman–Crippen MR) is 102 cm³/mol. The first-order valence-electron chi connectivity index (χ1n) is 7.82. The van der Waals surface area contributed by atoms with Gasteiger partial charge in [-0.15, -0.1) is 0 Å². The largest absolute Gasteiger partial charge is 0.301 e. The lowest BCUT2D eigenvalue weighted by Crippen LogP contribution is -2.58. The normalized spacial score (nSPS) is 17.9. The molecule has 25 heavy (non-hydrogen) atoms. The Morgan fingerprint density at radius 1 is 1.08 bits per heavy atom. The van der Waals surface area contributed by atoms with Gasteiger partial charge in [0.05, 0.1) is 11.4 Å². The zero-order valence-electron chi connectivity index (χ0n) is 13.9. The van der Waals surface area contributed by atoms with Gasteiger partial charge in [-0.05, 0) is 61.5 Å². The van der Waals surface area contributed by atoms with Crippen LogP contribution < -0.4 is 10.2 Å². The number of amides is 2. The number of nitrogens with zero attached hydrogens (tertiary/aromatic N) is 2. The third-order valence-corrected chi connectivity index (χ3v) is 4.36. The molecule has 1 N–H and O–H groups in total. The number of hydrogen-bond donors (Lipinski definition) is 1. The number of aliphatic imine (C=N–C) groups is 1. The van der Waals surface area contributed by atoms with Crippen LogP contribution in [0, 0.1) is 19.8 Å². The van der Waals surface area contributed by atoms with Crippen molar-refractivity contribution in [2.75, 3.05) is 4.90 Å². The summed E-state index contributed by atoms with van der Waals surface area (Å²) in [4.78, 5) is 30.6. The summed E-state index contributed by atoms with van der Waals surface area (Å²) in [6, 6.07) is 14.7. The van der Waals surface area contributed by atoms with Crippen molar-refractivity contribution in [2.24, 2.45) is 10.9 Å². The van der Waals surface area contributed by atoms with Crippen LogP contribution in [0.25, 0.3) is 0 Å². The van der Waals surface area contributed by atoms with E-state index >= 15 is 0 Å². The maximum absolute atomic E-state index is 12.8. The van der Waals surface area contributed by atoms with Crippen LogP contribution in [0.5, 0.6) is 0 Å². The van der Waals surface area contributed by atoms with Gasteiger partial charge in [0.25, 0.3) is 5.91 Å². The SMILES string of the molecule is Cc1ccc(N=C[C@@H]2C(=O)NC(=S)N(c3ccccc3)C2=O)cc1C. The molecule has 1 atom stereocenters. The molecule has 2 amide bonds. The fourth-order valence-electron chi connectivity index (χ4n) is 2.51. The van der Waals surface area contributed by atoms with Gasteiger partial charge in [0, 0.05) is 6.21 Å². The molecule has 5 nitrogen and oxygen atoms in total. The Labute approximate surface area is 151 Å². The lowest BCUT2D eigenvalue weighted by atomic mass is 10.1. The van der Waals surface area contributed by atoms with Crippen molar-refractivity contribution in [3.63, 3.8) is 0 Å². The highest BCUT2D eigenvalue weighted by molar-refractivity contribution is 7.80. The van der Waals surface area contributed by atoms with E-state index in [4.69, 9.17) is 12.2 Å². The van der Waals surface area contributed by atoms with Gasteiger partial charge in [-0.3, -0.25) is 19.5 Å². The number of para-hydroxylation sites is 1. The van der Waals surface area contributed by atoms with E-state index in [0.29, 0.717) is 11.4 Å². The fraction of sp³-hybridized carbons (Fsp3) is 0.158. The molecule has 0 aromatic heterocycles. The van der Waals surface area contributed by atoms with Crippen molar-refractivity contribution in [1.82, 2.24) is 5.32 Å². The zero-order valence-corrected chi connectivity index (χ0v) is 14.7. The summed E-state index contributed by atoms with van der Waals surface area (Å²) in [7, 11) is 0. The minimum atomic E-state index is -1.02. The molecule has 0 aliphatic carbocycles. The second-order valence-electron chi connectivity index (χ2n) is 5.83. The summed E-state index contributed by atoms with van der Waals surface area (Å²) in [5.74, 6) is -1.89. The van der Waals surface area contributed by atoms with Gasteiger partial charge in [-0.1, -0.05) is 24.3 Å². The Morgan fingerprint density at radius 3 is 2.48 bits per heavy atom. The van der Waals surface area contributed by atoms with Gasteiger partial charge in [0.1, 0.15) is 0 Å². The van der Waals surface area contributed by atoms with Crippen LogP contribution in [0.4, 0.5) is 11.4 Å². The van der Waals surface area contributed by atoms with Crippen molar-refractivity contribution in [1.29, 1.82) is 0 Å². The summed E-state index contributed by atoms with van der Waals surface area (Å²) in [5, 5.41) is 2.65. The minimum Gasteiger partial charge on any atom is -0.301 e. The summed E-state index contributed by atoms with van der Waals surface area (Å²) >= 11 is 5.15. The molecule has 0 saturated carbocycles. The molecule has 1 heterocycles. The van der Waals surface area contributed by atoms with Crippen LogP contribution in [0.1, 0.15) is 11.1 Å². The molecule has 0 bridgehead atoms. The van der Waals surface area contributed by atoms with Crippen LogP contribution in [0.2, 0.25) is 0 Å². The standard InChI is InChI=1S/C19H17N3O2S/c1-12-8-9-14(10-13(12)2)20-11-16-17(23)21-19(25)22(18(16)24)15-6-4-3-5-7-15/h3-11,16H,1-2H3,(H,21,23,25)/t16-/m1/s1. The lowest BCUT2D eigenvalue weighted by Gasteiger charge is -2.30. The highest BCUT2D eigenvalue weighted by Gasteiger charge is 2.38. The van der Waals surface area contributed by atoms with Crippen molar-refractivity contribution in [3.05, 3.63) is 59.7 Å². The van der Waals surface area contributed by atoms with E-state index in [9.17, 15) is 9.59 Å². The second kappa shape index (κ2) is 6.94. The molecule has 1 fully saturated rings. The number of thiocarbonyl (C=S) groups is 1. The zero-order chi connectivity index (χ0) is 18.0. The van der Waals surface area contributed by atoms with Gasteiger partial charge in [0.15, 0.2) is 11.0 Å². The van der Waals surface area contributed by atoms with Crippen LogP contribution in [-0.2, 0) is 9.59 Å². The number of anilines is 1. The summed E-state index contributed by atoms with van der Waals surface area (Å²) < 4.78 is 0. The average Bonchev–Trinajstić information content (AvgIpc) is 2.58. The van der Waals surface area contributed by atoms with Crippen LogP contribution in [0.3, 0.4) is 0 Å². The summed E-state index contributed by atoms with van der Waals surface area (Å²) in [5.41, 5.74) is 3.57. The Bertz CT molecular complexity index is 877. The number of carbonyl (C=O) groups is 2. The van der Waals surface area contributed by atoms with Gasteiger partial charge in [-0.2, -0.15) is 0 Å². The van der Waals surface area contributed by atoms with Crippen LogP contribution in [-0.4, -0.2) is 23.1 Å². The monoisotopic (exact) mass is 351 g/mol. The van der Waals surface area contributed by atoms with Crippen molar-refractivity contribution in [2.45, 2.75) is 13.8 Å². The number of nitrogens with one attached hydrogen (secondary N) is 1. The van der Waals surface area contributed by atoms with Crippen molar-refractivity contribution < 1.29 is 9.59 Å². The Kier molecular flexibility index (Phi) is 4.72. The Hall–Kier alpha value is -2.86. The molecule has 6 heteroatoms. The fourth-order valence-corrected chi connectivity index (χ4v) is 2.81. The molecule has 1 aliphatic rings. The lowest BCUT2D eigenvalue weighted by molar-refractivity contribution is -0.130. The number of hydrogen-bond acceptors (Lipinski definition) is 4. The number of aryl methyl sites for hydroxylation is 2. The number of carbonyl (C=O) groups excluding carboxylic acids is 2. The Balaban J connectivity index is 1.88. The van der Waals surface area contributed by atoms with E-state index in [0.717, 1.165) is 11.1 Å². The van der Waals surface area contributed by atoms with E-state index < -0.39 is 17.7 Å². The maximum atomic E-state index is 12.8. The van der Waals surface area contributed by atoms with Crippen LogP contribution >= 0.6 is 12.2 Å². The highest BCUT2D eigenvalue weighted by atomic mass is 32.1. The number of rotatable bonds is 3. The van der Waals surface area contributed by atoms with Crippen molar-refractivity contribution >= 4 is 46.7 Å². The highest BCUT2D eigenvalue weighted by Crippen LogP contribution is 2.21. The molecule has 2 aromatic carbocycles. The van der Waals surface area contributed by atoms with E-state index in [1.165, 1.54) is 11.1 Å². The first kappa shape index (κ1) is 17.0. The molecule has 0 unspecified atom stereocenters. The predicted octanol–water partition coefficient (Wildman–Crippen LogP) is 3.07. The first-order valence-corrected chi connectivity index (χ1v) is 8.23. The first-order chi connectivity index (χ1) is 12.0. The molecular formula is C19H17N3O2S. The van der Waals surface area contributed by atoms with Gasteiger partial charge in [-0.25, -0.2) is 0 Å². The second-order valence-corrected chi connectivity index (χ2v) is 6.21. The Morgan fingerprint density at radius 2 is 1.80 bits per heavy atom. The van der Waals surface area contributed by atoms with Crippen molar-refractivity contribution in [3.8, 4) is 0 Å². The molecule has 1 saturated heterocycles. The van der Waals surface area contributed by atoms with E-state index in [1.807, 2.05) is 38.1 Å². The molecule has 2 aromatic rings. The molecule has 126 valence electrons. The molecule has 1 aliphatic heterocycles. The van der Waals surface area contributed by atoms with E-state index in [-0.39, 0.29) is 5.11 Å². The maximum Gasteiger partial charge on any atom is 0.251 e. The van der Waals surface area contributed by atoms with Gasteiger partial charge >= 0.3 is 0 Å². The molecular weight excluding hydrogens is 334 g/mol. The third kappa shape index (κ3) is 3.49. The molecule has 0 radical (unpaired) electrons. The average molecular weight is 351 g/mol. The quantitative estimate of drug-likeness (QED) is 0.525. The smallest absolute Gasteiger partial charge is 0.251 e. The third-order valence-electron chi connectivity index (χ3n) is 4.08. The van der Waals surface area contributed by atoms with Crippen LogP contribution in [0.15, 0.2) is 53.5 Å².